The van der Waals surface area contributed by atoms with Crippen LogP contribution in [0.1, 0.15) is 56.9 Å². The number of hydrogen-bond acceptors (Lipinski definition) is 2. The summed E-state index contributed by atoms with van der Waals surface area (Å²) in [6, 6.07) is 6.54. The zero-order valence-electron chi connectivity index (χ0n) is 13.4. The van der Waals surface area contributed by atoms with Gasteiger partial charge in [-0.1, -0.05) is 50.7 Å². The highest BCUT2D eigenvalue weighted by Crippen LogP contribution is 2.20. The molecule has 1 heterocycles. The van der Waals surface area contributed by atoms with Gasteiger partial charge < -0.3 is 5.73 Å². The lowest BCUT2D eigenvalue weighted by molar-refractivity contribution is 0.570. The minimum atomic E-state index is 0.847. The van der Waals surface area contributed by atoms with Gasteiger partial charge >= 0.3 is 0 Å². The molecule has 0 aliphatic heterocycles. The summed E-state index contributed by atoms with van der Waals surface area (Å²) >= 11 is 0. The molecule has 0 aliphatic rings. The Morgan fingerprint density at radius 1 is 0.952 bits per heavy atom. The first-order valence-corrected chi connectivity index (χ1v) is 8.42. The lowest BCUT2D eigenvalue weighted by Crippen LogP contribution is -1.97. The molecule has 2 rings (SSSR count). The smallest absolute Gasteiger partial charge is 0.0681 e. The van der Waals surface area contributed by atoms with Gasteiger partial charge in [0.15, 0.2) is 0 Å². The fraction of sp³-hybridized carbons (Fsp3) is 0.611. The van der Waals surface area contributed by atoms with Crippen LogP contribution in [-0.4, -0.2) is 16.3 Å². The summed E-state index contributed by atoms with van der Waals surface area (Å²) in [6.07, 6.45) is 13.8. The molecule has 2 N–H and O–H groups in total. The van der Waals surface area contributed by atoms with Gasteiger partial charge in [-0.05, 0) is 37.4 Å². The van der Waals surface area contributed by atoms with E-state index in [4.69, 9.17) is 5.73 Å². The molecule has 0 saturated heterocycles. The van der Waals surface area contributed by atoms with Crippen molar-refractivity contribution in [3.8, 4) is 0 Å². The van der Waals surface area contributed by atoms with E-state index >= 15 is 0 Å². The largest absolute Gasteiger partial charge is 0.330 e. The lowest BCUT2D eigenvalue weighted by atomic mass is 10.0. The third-order valence-corrected chi connectivity index (χ3v) is 4.28. The summed E-state index contributed by atoms with van der Waals surface area (Å²) in [5.74, 6) is 0. The Labute approximate surface area is 128 Å². The highest BCUT2D eigenvalue weighted by molar-refractivity contribution is 5.82. The minimum Gasteiger partial charge on any atom is -0.330 e. The van der Waals surface area contributed by atoms with Crippen LogP contribution >= 0.6 is 0 Å². The van der Waals surface area contributed by atoms with Gasteiger partial charge in [0.1, 0.15) is 0 Å². The van der Waals surface area contributed by atoms with Crippen molar-refractivity contribution in [2.75, 3.05) is 6.54 Å². The Kier molecular flexibility index (Phi) is 6.74. The van der Waals surface area contributed by atoms with Crippen LogP contribution in [-0.2, 0) is 13.5 Å². The molecule has 1 aromatic carbocycles. The third-order valence-electron chi connectivity index (χ3n) is 4.28. The van der Waals surface area contributed by atoms with Crippen molar-refractivity contribution in [1.29, 1.82) is 0 Å². The maximum absolute atomic E-state index is 5.50. The van der Waals surface area contributed by atoms with Gasteiger partial charge in [0.05, 0.1) is 11.7 Å². The molecule has 0 bridgehead atoms. The second-order valence-electron chi connectivity index (χ2n) is 5.99. The zero-order valence-corrected chi connectivity index (χ0v) is 13.4. The fourth-order valence-electron chi connectivity index (χ4n) is 2.98. The van der Waals surface area contributed by atoms with Gasteiger partial charge in [-0.25, -0.2) is 0 Å². The van der Waals surface area contributed by atoms with E-state index in [-0.39, 0.29) is 0 Å². The van der Waals surface area contributed by atoms with E-state index in [1.54, 1.807) is 0 Å². The number of fused-ring (bicyclic) bond motifs is 1. The average molecular weight is 287 g/mol. The number of rotatable bonds is 10. The van der Waals surface area contributed by atoms with Crippen molar-refractivity contribution >= 4 is 10.9 Å². The molecule has 0 fully saturated rings. The topological polar surface area (TPSA) is 43.8 Å². The number of aryl methyl sites for hydroxylation is 2. The molecule has 0 saturated carbocycles. The van der Waals surface area contributed by atoms with Gasteiger partial charge in [0, 0.05) is 12.4 Å². The molecule has 3 nitrogen and oxygen atoms in total. The molecule has 0 radical (unpaired) electrons. The monoisotopic (exact) mass is 287 g/mol. The Bertz CT molecular complexity index is 530. The Balaban J connectivity index is 1.64. The SMILES string of the molecule is Cn1ncc2c(CCCCCCCCCCN)cccc21. The standard InChI is InChI=1S/C18H29N3/c1-21-18-13-10-12-16(17(18)15-20-21)11-8-6-4-2-3-5-7-9-14-19/h10,12-13,15H,2-9,11,14,19H2,1H3. The van der Waals surface area contributed by atoms with E-state index in [2.05, 4.69) is 23.3 Å². The van der Waals surface area contributed by atoms with E-state index in [0.717, 1.165) is 6.54 Å². The van der Waals surface area contributed by atoms with Crippen LogP contribution in [0.5, 0.6) is 0 Å². The van der Waals surface area contributed by atoms with Crippen molar-refractivity contribution in [1.82, 2.24) is 9.78 Å². The number of nitrogens with zero attached hydrogens (tertiary/aromatic N) is 2. The van der Waals surface area contributed by atoms with Crippen molar-refractivity contribution in [2.24, 2.45) is 12.8 Å². The summed E-state index contributed by atoms with van der Waals surface area (Å²) in [5, 5.41) is 5.68. The zero-order chi connectivity index (χ0) is 14.9. The summed E-state index contributed by atoms with van der Waals surface area (Å²) < 4.78 is 1.96. The van der Waals surface area contributed by atoms with Gasteiger partial charge in [-0.15, -0.1) is 0 Å². The Morgan fingerprint density at radius 3 is 2.33 bits per heavy atom. The van der Waals surface area contributed by atoms with Gasteiger partial charge in [-0.3, -0.25) is 4.68 Å². The molecule has 0 atom stereocenters. The van der Waals surface area contributed by atoms with E-state index < -0.39 is 0 Å². The maximum Gasteiger partial charge on any atom is 0.0681 e. The maximum atomic E-state index is 5.50. The summed E-state index contributed by atoms with van der Waals surface area (Å²) in [7, 11) is 2.01. The van der Waals surface area contributed by atoms with Crippen molar-refractivity contribution in [3.05, 3.63) is 30.0 Å². The number of benzene rings is 1. The normalized spacial score (nSPS) is 11.3. The number of aromatic nitrogens is 2. The molecule has 0 spiro atoms. The molecule has 0 amide bonds. The quantitative estimate of drug-likeness (QED) is 0.666. The highest BCUT2D eigenvalue weighted by Gasteiger charge is 2.04. The van der Waals surface area contributed by atoms with Crippen LogP contribution in [0.25, 0.3) is 10.9 Å². The first-order chi connectivity index (χ1) is 10.3. The van der Waals surface area contributed by atoms with Crippen molar-refractivity contribution < 1.29 is 0 Å². The summed E-state index contributed by atoms with van der Waals surface area (Å²) in [6.45, 7) is 0.847. The molecule has 116 valence electrons. The van der Waals surface area contributed by atoms with Gasteiger partial charge in [0.25, 0.3) is 0 Å². The van der Waals surface area contributed by atoms with Crippen LogP contribution in [0.15, 0.2) is 24.4 Å². The molecule has 0 unspecified atom stereocenters. The third kappa shape index (κ3) is 4.85. The fourth-order valence-corrected chi connectivity index (χ4v) is 2.98. The average Bonchev–Trinajstić information content (AvgIpc) is 2.88. The minimum absolute atomic E-state index is 0.847. The predicted octanol–water partition coefficient (Wildman–Crippen LogP) is 4.20. The number of unbranched alkanes of at least 4 members (excludes halogenated alkanes) is 7. The van der Waals surface area contributed by atoms with E-state index in [1.165, 1.54) is 74.3 Å². The molecule has 3 heteroatoms. The second kappa shape index (κ2) is 8.83. The van der Waals surface area contributed by atoms with E-state index in [0.29, 0.717) is 0 Å². The summed E-state index contributed by atoms with van der Waals surface area (Å²) in [4.78, 5) is 0. The van der Waals surface area contributed by atoms with Crippen LogP contribution in [0.3, 0.4) is 0 Å². The molecular formula is C18H29N3. The molecule has 2 aromatic rings. The van der Waals surface area contributed by atoms with E-state index in [1.807, 2.05) is 17.9 Å². The van der Waals surface area contributed by atoms with Crippen molar-refractivity contribution in [2.45, 2.75) is 57.8 Å². The van der Waals surface area contributed by atoms with E-state index in [9.17, 15) is 0 Å². The molecular weight excluding hydrogens is 258 g/mol. The lowest BCUT2D eigenvalue weighted by Gasteiger charge is -2.04. The molecule has 21 heavy (non-hydrogen) atoms. The first-order valence-electron chi connectivity index (χ1n) is 8.42. The van der Waals surface area contributed by atoms with Crippen LogP contribution < -0.4 is 5.73 Å². The van der Waals surface area contributed by atoms with Gasteiger partial charge in [0.2, 0.25) is 0 Å². The number of nitrogens with two attached hydrogens (primary N) is 1. The molecule has 0 aliphatic carbocycles. The van der Waals surface area contributed by atoms with Crippen LogP contribution in [0.4, 0.5) is 0 Å². The van der Waals surface area contributed by atoms with Crippen LogP contribution in [0, 0.1) is 0 Å². The number of hydrogen-bond donors (Lipinski definition) is 1. The van der Waals surface area contributed by atoms with Gasteiger partial charge in [-0.2, -0.15) is 5.10 Å². The van der Waals surface area contributed by atoms with Crippen LogP contribution in [0.2, 0.25) is 0 Å². The Hall–Kier alpha value is -1.35. The highest BCUT2D eigenvalue weighted by atomic mass is 15.2. The Morgan fingerprint density at radius 2 is 1.62 bits per heavy atom. The predicted molar refractivity (Wildman–Crippen MR) is 90.4 cm³/mol. The molecule has 1 aromatic heterocycles. The first kappa shape index (κ1) is 16.0. The second-order valence-corrected chi connectivity index (χ2v) is 5.99. The summed E-state index contributed by atoms with van der Waals surface area (Å²) in [5.41, 5.74) is 8.19. The van der Waals surface area contributed by atoms with Crippen molar-refractivity contribution in [3.63, 3.8) is 0 Å².